The van der Waals surface area contributed by atoms with Crippen molar-refractivity contribution in [3.05, 3.63) is 46.6 Å². The van der Waals surface area contributed by atoms with Gasteiger partial charge in [-0.1, -0.05) is 38.2 Å². The number of Topliss-reactive ketones (excluding diaryl/α,β-unsaturated/α-hetero) is 1. The number of allylic oxidation sites excluding steroid dienone is 3. The van der Waals surface area contributed by atoms with Gasteiger partial charge in [0.05, 0.1) is 12.0 Å². The Bertz CT molecular complexity index is 1160. The number of carbonyl (C=O) groups excluding carboxylic acids is 3. The second-order valence-corrected chi connectivity index (χ2v) is 11.9. The lowest BCUT2D eigenvalue weighted by molar-refractivity contribution is -0.201. The Morgan fingerprint density at radius 3 is 2.30 bits per heavy atom. The molecule has 9 unspecified atom stereocenters. The van der Waals surface area contributed by atoms with Crippen LogP contribution in [0.2, 0.25) is 0 Å². The van der Waals surface area contributed by atoms with E-state index in [0.29, 0.717) is 28.7 Å². The summed E-state index contributed by atoms with van der Waals surface area (Å²) < 4.78 is 11.4. The van der Waals surface area contributed by atoms with Crippen molar-refractivity contribution in [2.45, 2.75) is 79.6 Å². The largest absolute Gasteiger partial charge is 0.462 e. The molecule has 0 heterocycles. The van der Waals surface area contributed by atoms with Crippen LogP contribution in [-0.4, -0.2) is 52.4 Å². The molecule has 4 aliphatic carbocycles. The van der Waals surface area contributed by atoms with Crippen LogP contribution in [0.4, 0.5) is 0 Å². The summed E-state index contributed by atoms with van der Waals surface area (Å²) in [6, 6.07) is 0. The predicted octanol–water partition coefficient (Wildman–Crippen LogP) is 3.85. The lowest BCUT2D eigenvalue weighted by Gasteiger charge is -2.48. The van der Waals surface area contributed by atoms with E-state index in [9.17, 15) is 24.6 Å². The van der Waals surface area contributed by atoms with Crippen molar-refractivity contribution in [3.63, 3.8) is 0 Å². The molecule has 9 atom stereocenters. The molecule has 202 valence electrons. The SMILES string of the molecule is CC=C(C)C(=O)OCC1(C)C2CC(C)C34C=C(C)C(OC(=O)C(C)=CC)C3(O)C(O)C(C)=CC(C4=O)C21. The van der Waals surface area contributed by atoms with Crippen LogP contribution < -0.4 is 0 Å². The van der Waals surface area contributed by atoms with E-state index < -0.39 is 40.5 Å². The second kappa shape index (κ2) is 9.05. The zero-order chi connectivity index (χ0) is 27.7. The lowest BCUT2D eigenvalue weighted by atomic mass is 9.59. The third-order valence-corrected chi connectivity index (χ3v) is 9.89. The molecule has 37 heavy (non-hydrogen) atoms. The maximum absolute atomic E-state index is 14.5. The van der Waals surface area contributed by atoms with E-state index in [4.69, 9.17) is 9.47 Å². The topological polar surface area (TPSA) is 110 Å². The number of ether oxygens (including phenoxy) is 2. The Morgan fingerprint density at radius 2 is 1.70 bits per heavy atom. The molecule has 0 aromatic heterocycles. The Kier molecular flexibility index (Phi) is 6.73. The van der Waals surface area contributed by atoms with Crippen molar-refractivity contribution in [1.82, 2.24) is 0 Å². The van der Waals surface area contributed by atoms with Crippen LogP contribution in [0.3, 0.4) is 0 Å². The summed E-state index contributed by atoms with van der Waals surface area (Å²) in [5, 5.41) is 24.0. The number of aliphatic hydroxyl groups is 2. The molecular formula is C30H40O7. The van der Waals surface area contributed by atoms with Crippen LogP contribution in [0.25, 0.3) is 0 Å². The highest BCUT2D eigenvalue weighted by Gasteiger charge is 2.77. The van der Waals surface area contributed by atoms with Crippen molar-refractivity contribution in [1.29, 1.82) is 0 Å². The van der Waals surface area contributed by atoms with Gasteiger partial charge in [-0.15, -0.1) is 0 Å². The summed E-state index contributed by atoms with van der Waals surface area (Å²) in [5.74, 6) is -2.05. The average molecular weight is 513 g/mol. The average Bonchev–Trinajstić information content (AvgIpc) is 3.40. The van der Waals surface area contributed by atoms with Gasteiger partial charge in [0.1, 0.15) is 6.10 Å². The fourth-order valence-electron chi connectivity index (χ4n) is 7.37. The van der Waals surface area contributed by atoms with Crippen LogP contribution in [-0.2, 0) is 23.9 Å². The molecule has 2 fully saturated rings. The fourth-order valence-corrected chi connectivity index (χ4v) is 7.37. The quantitative estimate of drug-likeness (QED) is 0.327. The first-order valence-corrected chi connectivity index (χ1v) is 13.2. The monoisotopic (exact) mass is 512 g/mol. The highest BCUT2D eigenvalue weighted by Crippen LogP contribution is 2.72. The first-order valence-electron chi connectivity index (χ1n) is 13.2. The van der Waals surface area contributed by atoms with Crippen LogP contribution in [0, 0.1) is 34.5 Å². The summed E-state index contributed by atoms with van der Waals surface area (Å²) in [4.78, 5) is 39.6. The minimum atomic E-state index is -2.03. The van der Waals surface area contributed by atoms with E-state index in [1.807, 2.05) is 6.92 Å². The Balaban J connectivity index is 1.75. The number of carbonyl (C=O) groups is 3. The molecule has 2 bridgehead atoms. The maximum atomic E-state index is 14.5. The maximum Gasteiger partial charge on any atom is 0.334 e. The van der Waals surface area contributed by atoms with Crippen molar-refractivity contribution in [3.8, 4) is 0 Å². The van der Waals surface area contributed by atoms with Crippen molar-refractivity contribution in [2.75, 3.05) is 6.61 Å². The van der Waals surface area contributed by atoms with Gasteiger partial charge >= 0.3 is 11.9 Å². The summed E-state index contributed by atoms with van der Waals surface area (Å²) in [6.07, 6.45) is 4.90. The molecule has 2 saturated carbocycles. The van der Waals surface area contributed by atoms with Gasteiger partial charge in [-0.25, -0.2) is 9.59 Å². The van der Waals surface area contributed by atoms with E-state index in [2.05, 4.69) is 6.92 Å². The van der Waals surface area contributed by atoms with Gasteiger partial charge in [0.15, 0.2) is 17.5 Å². The minimum absolute atomic E-state index is 0.0920. The van der Waals surface area contributed by atoms with E-state index >= 15 is 0 Å². The number of fused-ring (bicyclic) bond motifs is 3. The third kappa shape index (κ3) is 3.64. The van der Waals surface area contributed by atoms with E-state index in [1.54, 1.807) is 65.8 Å². The summed E-state index contributed by atoms with van der Waals surface area (Å²) in [7, 11) is 0. The highest BCUT2D eigenvalue weighted by atomic mass is 16.6. The fraction of sp³-hybridized carbons (Fsp3) is 0.633. The van der Waals surface area contributed by atoms with Gasteiger partial charge in [0.25, 0.3) is 0 Å². The van der Waals surface area contributed by atoms with E-state index in [0.717, 1.165) is 0 Å². The van der Waals surface area contributed by atoms with E-state index in [1.165, 1.54) is 0 Å². The standard InChI is InChI=1S/C30H40O7/c1-9-15(3)26(33)36-14-28(8)21-12-19(7)29-13-18(6)25(37-27(34)16(4)10-2)30(29,35)23(31)17(5)11-20(22(21)28)24(29)32/h9-11,13,19-23,25,31,35H,12,14H2,1-8H3. The van der Waals surface area contributed by atoms with Gasteiger partial charge in [-0.3, -0.25) is 4.79 Å². The zero-order valence-electron chi connectivity index (χ0n) is 23.1. The van der Waals surface area contributed by atoms with Gasteiger partial charge in [0.2, 0.25) is 0 Å². The van der Waals surface area contributed by atoms with Gasteiger partial charge in [-0.2, -0.15) is 0 Å². The molecule has 0 aliphatic heterocycles. The first-order chi connectivity index (χ1) is 17.2. The molecule has 2 N–H and O–H groups in total. The Morgan fingerprint density at radius 1 is 1.11 bits per heavy atom. The van der Waals surface area contributed by atoms with Crippen LogP contribution in [0.15, 0.2) is 46.6 Å². The van der Waals surface area contributed by atoms with Crippen molar-refractivity contribution >= 4 is 17.7 Å². The number of aliphatic hydroxyl groups excluding tert-OH is 1. The molecule has 0 aromatic carbocycles. The molecule has 0 aromatic rings. The van der Waals surface area contributed by atoms with Gasteiger partial charge in [0, 0.05) is 22.5 Å². The molecule has 0 saturated heterocycles. The highest BCUT2D eigenvalue weighted by molar-refractivity contribution is 5.96. The molecule has 0 amide bonds. The van der Waals surface area contributed by atoms with E-state index in [-0.39, 0.29) is 36.1 Å². The molecule has 4 aliphatic rings. The molecule has 1 spiro atoms. The normalized spacial score (nSPS) is 43.0. The Labute approximate surface area is 219 Å². The van der Waals surface area contributed by atoms with Crippen LogP contribution in [0.5, 0.6) is 0 Å². The molecule has 7 nitrogen and oxygen atoms in total. The lowest BCUT2D eigenvalue weighted by Crippen LogP contribution is -2.65. The molecular weight excluding hydrogens is 472 g/mol. The zero-order valence-corrected chi connectivity index (χ0v) is 23.1. The number of esters is 2. The third-order valence-electron chi connectivity index (χ3n) is 9.89. The van der Waals surface area contributed by atoms with Crippen LogP contribution >= 0.6 is 0 Å². The number of ketones is 1. The summed E-state index contributed by atoms with van der Waals surface area (Å²) in [6.45, 7) is 14.5. The summed E-state index contributed by atoms with van der Waals surface area (Å²) in [5.41, 5.74) is -1.90. The molecule has 4 rings (SSSR count). The van der Waals surface area contributed by atoms with Crippen molar-refractivity contribution < 1.29 is 34.1 Å². The number of hydrogen-bond donors (Lipinski definition) is 2. The number of hydrogen-bond acceptors (Lipinski definition) is 7. The van der Waals surface area contributed by atoms with Crippen molar-refractivity contribution in [2.24, 2.45) is 34.5 Å². The smallest absolute Gasteiger partial charge is 0.334 e. The summed E-state index contributed by atoms with van der Waals surface area (Å²) >= 11 is 0. The van der Waals surface area contributed by atoms with Gasteiger partial charge < -0.3 is 19.7 Å². The Hall–Kier alpha value is -2.51. The number of rotatable bonds is 5. The molecule has 7 heteroatoms. The first kappa shape index (κ1) is 27.5. The molecule has 0 radical (unpaired) electrons. The van der Waals surface area contributed by atoms with Gasteiger partial charge in [-0.05, 0) is 76.9 Å². The predicted molar refractivity (Wildman–Crippen MR) is 138 cm³/mol. The second-order valence-electron chi connectivity index (χ2n) is 11.9. The van der Waals surface area contributed by atoms with Crippen LogP contribution in [0.1, 0.15) is 61.8 Å². The minimum Gasteiger partial charge on any atom is -0.462 e.